The molecular weight excluding hydrogens is 350 g/mol. The van der Waals surface area contributed by atoms with E-state index in [0.29, 0.717) is 5.33 Å². The number of hydrogen-bond acceptors (Lipinski definition) is 1. The van der Waals surface area contributed by atoms with Gasteiger partial charge in [0.05, 0.1) is 20.6 Å². The van der Waals surface area contributed by atoms with Crippen molar-refractivity contribution < 1.29 is 22.0 Å². The van der Waals surface area contributed by atoms with E-state index in [0.717, 1.165) is 11.0 Å². The van der Waals surface area contributed by atoms with Gasteiger partial charge in [0.15, 0.2) is 0 Å². The van der Waals surface area contributed by atoms with Gasteiger partial charge >= 0.3 is 0 Å². The number of nitrogens with zero attached hydrogens (tertiary/aromatic N) is 1. The number of rotatable bonds is 14. The first-order chi connectivity index (χ1) is 9.52. The van der Waals surface area contributed by atoms with Crippen molar-refractivity contribution in [2.24, 2.45) is 0 Å². The van der Waals surface area contributed by atoms with Gasteiger partial charge in [-0.2, -0.15) is 0 Å². The van der Waals surface area contributed by atoms with Crippen molar-refractivity contribution in [2.75, 3.05) is 32.5 Å². The van der Waals surface area contributed by atoms with E-state index in [4.69, 9.17) is 0 Å². The van der Waals surface area contributed by atoms with Crippen molar-refractivity contribution in [1.29, 1.82) is 0 Å². The SMILES string of the molecule is CCCCCCCCCCCC[N+](C)(C)CC(O)CBr.[Cl-]. The summed E-state index contributed by atoms with van der Waals surface area (Å²) in [6.07, 6.45) is 13.7. The van der Waals surface area contributed by atoms with E-state index in [9.17, 15) is 5.11 Å². The number of likely N-dealkylation sites (N-methyl/N-ethyl adjacent to an activating group) is 1. The van der Waals surface area contributed by atoms with Crippen LogP contribution in [0.15, 0.2) is 0 Å². The summed E-state index contributed by atoms with van der Waals surface area (Å²) < 4.78 is 0.934. The van der Waals surface area contributed by atoms with Crippen LogP contribution in [0.3, 0.4) is 0 Å². The van der Waals surface area contributed by atoms with Gasteiger partial charge in [-0.3, -0.25) is 0 Å². The molecule has 4 heteroatoms. The molecule has 2 nitrogen and oxygen atoms in total. The summed E-state index contributed by atoms with van der Waals surface area (Å²) in [7, 11) is 4.44. The Hall–Kier alpha value is 0.690. The summed E-state index contributed by atoms with van der Waals surface area (Å²) in [4.78, 5) is 0. The predicted molar refractivity (Wildman–Crippen MR) is 93.5 cm³/mol. The molecular formula is C17H37BrClNO. The minimum absolute atomic E-state index is 0. The summed E-state index contributed by atoms with van der Waals surface area (Å²) in [6, 6.07) is 0. The number of halogens is 2. The van der Waals surface area contributed by atoms with E-state index in [1.807, 2.05) is 0 Å². The number of aliphatic hydroxyl groups excluding tert-OH is 1. The molecule has 0 aromatic heterocycles. The van der Waals surface area contributed by atoms with Gasteiger partial charge in [0.2, 0.25) is 0 Å². The van der Waals surface area contributed by atoms with Crippen LogP contribution < -0.4 is 12.4 Å². The molecule has 1 atom stereocenters. The first-order valence-electron chi connectivity index (χ1n) is 8.58. The second kappa shape index (κ2) is 15.6. The molecule has 0 heterocycles. The Labute approximate surface area is 147 Å². The van der Waals surface area contributed by atoms with E-state index in [-0.39, 0.29) is 18.5 Å². The molecule has 0 aromatic rings. The molecule has 1 unspecified atom stereocenters. The molecule has 0 amide bonds. The van der Waals surface area contributed by atoms with Crippen LogP contribution in [0.1, 0.15) is 71.1 Å². The number of alkyl halides is 1. The molecule has 0 bridgehead atoms. The van der Waals surface area contributed by atoms with Crippen molar-refractivity contribution in [3.63, 3.8) is 0 Å². The lowest BCUT2D eigenvalue weighted by molar-refractivity contribution is -0.893. The van der Waals surface area contributed by atoms with Gasteiger partial charge in [-0.25, -0.2) is 0 Å². The predicted octanol–water partition coefficient (Wildman–Crippen LogP) is 1.74. The Kier molecular flexibility index (Phi) is 17.8. The first kappa shape index (κ1) is 23.9. The molecule has 21 heavy (non-hydrogen) atoms. The van der Waals surface area contributed by atoms with Crippen LogP contribution in [0.2, 0.25) is 0 Å². The van der Waals surface area contributed by atoms with E-state index < -0.39 is 0 Å². The zero-order chi connectivity index (χ0) is 15.3. The average Bonchev–Trinajstić information content (AvgIpc) is 2.40. The van der Waals surface area contributed by atoms with Gasteiger partial charge in [-0.15, -0.1) is 0 Å². The van der Waals surface area contributed by atoms with Gasteiger partial charge in [0.1, 0.15) is 12.6 Å². The summed E-state index contributed by atoms with van der Waals surface area (Å²) in [5.41, 5.74) is 0. The van der Waals surface area contributed by atoms with Crippen LogP contribution in [0.4, 0.5) is 0 Å². The molecule has 0 aliphatic carbocycles. The Morgan fingerprint density at radius 2 is 1.29 bits per heavy atom. The third kappa shape index (κ3) is 16.9. The largest absolute Gasteiger partial charge is 1.00 e. The number of unbranched alkanes of at least 4 members (excludes halogenated alkanes) is 9. The van der Waals surface area contributed by atoms with Crippen LogP contribution >= 0.6 is 15.9 Å². The minimum atomic E-state index is -0.215. The molecule has 0 aliphatic rings. The Morgan fingerprint density at radius 1 is 0.857 bits per heavy atom. The molecule has 0 spiro atoms. The highest BCUT2D eigenvalue weighted by molar-refractivity contribution is 9.09. The number of hydrogen-bond donors (Lipinski definition) is 1. The molecule has 0 fully saturated rings. The Bertz CT molecular complexity index is 215. The van der Waals surface area contributed by atoms with Crippen molar-refractivity contribution in [1.82, 2.24) is 0 Å². The fraction of sp³-hybridized carbons (Fsp3) is 1.00. The second-order valence-corrected chi connectivity index (χ2v) is 7.48. The minimum Gasteiger partial charge on any atom is -1.00 e. The standard InChI is InChI=1S/C17H37BrNO.ClH/c1-4-5-6-7-8-9-10-11-12-13-14-19(2,3)16-17(20)15-18;/h17,20H,4-16H2,1-3H3;1H/q+1;/p-1. The molecule has 0 aliphatic heterocycles. The fourth-order valence-electron chi connectivity index (χ4n) is 2.74. The molecule has 0 saturated carbocycles. The third-order valence-electron chi connectivity index (χ3n) is 4.00. The van der Waals surface area contributed by atoms with Gasteiger partial charge in [-0.1, -0.05) is 74.2 Å². The number of quaternary nitrogens is 1. The maximum atomic E-state index is 9.69. The molecule has 0 saturated heterocycles. The van der Waals surface area contributed by atoms with Gasteiger partial charge < -0.3 is 22.0 Å². The summed E-state index contributed by atoms with van der Waals surface area (Å²) in [5, 5.41) is 10.4. The quantitative estimate of drug-likeness (QED) is 0.274. The summed E-state index contributed by atoms with van der Waals surface area (Å²) in [6.45, 7) is 4.31. The third-order valence-corrected chi connectivity index (χ3v) is 4.75. The van der Waals surface area contributed by atoms with Crippen molar-refractivity contribution in [3.8, 4) is 0 Å². The maximum absolute atomic E-state index is 9.69. The van der Waals surface area contributed by atoms with Crippen LogP contribution in [0, 0.1) is 0 Å². The molecule has 0 aromatic carbocycles. The van der Waals surface area contributed by atoms with Crippen molar-refractivity contribution in [3.05, 3.63) is 0 Å². The maximum Gasteiger partial charge on any atom is 0.112 e. The van der Waals surface area contributed by atoms with Gasteiger partial charge in [0, 0.05) is 5.33 Å². The smallest absolute Gasteiger partial charge is 0.112 e. The monoisotopic (exact) mass is 385 g/mol. The summed E-state index contributed by atoms with van der Waals surface area (Å²) in [5.74, 6) is 0. The second-order valence-electron chi connectivity index (χ2n) is 6.83. The molecule has 0 rings (SSSR count). The highest BCUT2D eigenvalue weighted by Gasteiger charge is 2.18. The van der Waals surface area contributed by atoms with Gasteiger partial charge in [0.25, 0.3) is 0 Å². The van der Waals surface area contributed by atoms with E-state index in [2.05, 4.69) is 36.9 Å². The Balaban J connectivity index is 0. The van der Waals surface area contributed by atoms with Gasteiger partial charge in [-0.05, 0) is 12.8 Å². The number of aliphatic hydroxyl groups is 1. The van der Waals surface area contributed by atoms with Crippen molar-refractivity contribution in [2.45, 2.75) is 77.2 Å². The highest BCUT2D eigenvalue weighted by atomic mass is 79.9. The molecule has 130 valence electrons. The zero-order valence-corrected chi connectivity index (χ0v) is 16.8. The molecule has 0 radical (unpaired) electrons. The summed E-state index contributed by atoms with van der Waals surface area (Å²) >= 11 is 3.34. The zero-order valence-electron chi connectivity index (χ0n) is 14.4. The normalized spacial score (nSPS) is 13.0. The lowest BCUT2D eigenvalue weighted by atomic mass is 10.1. The van der Waals surface area contributed by atoms with E-state index >= 15 is 0 Å². The molecule has 1 N–H and O–H groups in total. The van der Waals surface area contributed by atoms with Crippen LogP contribution in [0.25, 0.3) is 0 Å². The van der Waals surface area contributed by atoms with Crippen molar-refractivity contribution >= 4 is 15.9 Å². The lowest BCUT2D eigenvalue weighted by Gasteiger charge is -2.31. The van der Waals surface area contributed by atoms with E-state index in [1.165, 1.54) is 70.8 Å². The fourth-order valence-corrected chi connectivity index (χ4v) is 2.94. The Morgan fingerprint density at radius 3 is 1.71 bits per heavy atom. The first-order valence-corrected chi connectivity index (χ1v) is 9.70. The lowest BCUT2D eigenvalue weighted by Crippen LogP contribution is -3.00. The highest BCUT2D eigenvalue weighted by Crippen LogP contribution is 2.12. The average molecular weight is 387 g/mol. The van der Waals surface area contributed by atoms with Crippen LogP contribution in [-0.2, 0) is 0 Å². The topological polar surface area (TPSA) is 20.2 Å². The van der Waals surface area contributed by atoms with Crippen LogP contribution in [-0.4, -0.2) is 48.2 Å². The van der Waals surface area contributed by atoms with E-state index in [1.54, 1.807) is 0 Å². The van der Waals surface area contributed by atoms with Crippen LogP contribution in [0.5, 0.6) is 0 Å².